The van der Waals surface area contributed by atoms with Gasteiger partial charge < -0.3 is 5.32 Å². The number of aryl methyl sites for hydroxylation is 1. The van der Waals surface area contributed by atoms with Crippen molar-refractivity contribution in [2.24, 2.45) is 13.0 Å². The van der Waals surface area contributed by atoms with Crippen molar-refractivity contribution in [1.29, 1.82) is 0 Å². The number of hydrogen-bond acceptors (Lipinski definition) is 3. The molecule has 1 aromatic heterocycles. The van der Waals surface area contributed by atoms with Crippen molar-refractivity contribution < 1.29 is 4.39 Å². The number of aromatic nitrogens is 2. The number of nitrogens with one attached hydrogen (secondary N) is 1. The maximum Gasteiger partial charge on any atom is 0.142 e. The molecule has 23 heavy (non-hydrogen) atoms. The van der Waals surface area contributed by atoms with Gasteiger partial charge in [0.1, 0.15) is 5.82 Å². The number of rotatable bonds is 5. The summed E-state index contributed by atoms with van der Waals surface area (Å²) in [7, 11) is 4.01. The highest BCUT2D eigenvalue weighted by atomic mass is 35.5. The second-order valence-corrected chi connectivity index (χ2v) is 6.67. The highest BCUT2D eigenvalue weighted by molar-refractivity contribution is 6.30. The molecule has 1 aromatic carbocycles. The lowest BCUT2D eigenvalue weighted by Crippen LogP contribution is -2.28. The molecular formula is C17H22ClFN4. The Bertz CT molecular complexity index is 672. The van der Waals surface area contributed by atoms with Crippen LogP contribution in [0.5, 0.6) is 0 Å². The first-order valence-electron chi connectivity index (χ1n) is 7.89. The van der Waals surface area contributed by atoms with Crippen molar-refractivity contribution in [1.82, 2.24) is 20.0 Å². The molecule has 1 aliphatic rings. The molecule has 124 valence electrons. The van der Waals surface area contributed by atoms with E-state index in [0.29, 0.717) is 5.92 Å². The Balaban J connectivity index is 1.64. The van der Waals surface area contributed by atoms with E-state index in [2.05, 4.69) is 22.4 Å². The Labute approximate surface area is 141 Å². The smallest absolute Gasteiger partial charge is 0.142 e. The summed E-state index contributed by atoms with van der Waals surface area (Å²) in [6.07, 6.45) is 3.04. The number of likely N-dealkylation sites (tertiary alicyclic amines) is 1. The number of benzene rings is 1. The SMILES string of the molecule is CN1CC[C@H](CNCc2ccn(C)n2)[C@H]1c1ccc(Cl)c(F)c1. The van der Waals surface area contributed by atoms with Gasteiger partial charge in [-0.15, -0.1) is 0 Å². The van der Waals surface area contributed by atoms with Gasteiger partial charge in [0.05, 0.1) is 10.7 Å². The Morgan fingerprint density at radius 2 is 2.17 bits per heavy atom. The summed E-state index contributed by atoms with van der Waals surface area (Å²) in [5.74, 6) is 0.106. The van der Waals surface area contributed by atoms with Crippen LogP contribution in [0.1, 0.15) is 23.7 Å². The van der Waals surface area contributed by atoms with E-state index < -0.39 is 0 Å². The first-order valence-corrected chi connectivity index (χ1v) is 8.27. The molecule has 0 saturated carbocycles. The number of halogens is 2. The van der Waals surface area contributed by atoms with E-state index in [9.17, 15) is 4.39 Å². The standard InChI is InChI=1S/C17H22ClFN4/c1-22-7-5-13(10-20-11-14-6-8-23(2)21-14)17(22)12-3-4-15(18)16(19)9-12/h3-4,6,8-9,13,17,20H,5,7,10-11H2,1-2H3/t13-,17-/m1/s1. The molecule has 1 fully saturated rings. The molecule has 1 aliphatic heterocycles. The van der Waals surface area contributed by atoms with Gasteiger partial charge in [0.2, 0.25) is 0 Å². The average molecular weight is 337 g/mol. The van der Waals surface area contributed by atoms with Gasteiger partial charge in [0.25, 0.3) is 0 Å². The largest absolute Gasteiger partial charge is 0.311 e. The predicted molar refractivity (Wildman–Crippen MR) is 89.8 cm³/mol. The van der Waals surface area contributed by atoms with Gasteiger partial charge >= 0.3 is 0 Å². The van der Waals surface area contributed by atoms with Crippen molar-refractivity contribution in [3.8, 4) is 0 Å². The highest BCUT2D eigenvalue weighted by Gasteiger charge is 2.32. The maximum absolute atomic E-state index is 13.8. The third-order valence-corrected chi connectivity index (χ3v) is 4.85. The van der Waals surface area contributed by atoms with Crippen molar-refractivity contribution >= 4 is 11.6 Å². The van der Waals surface area contributed by atoms with Crippen LogP contribution in [0, 0.1) is 11.7 Å². The molecule has 0 radical (unpaired) electrons. The van der Waals surface area contributed by atoms with Gasteiger partial charge in [-0.3, -0.25) is 9.58 Å². The fourth-order valence-corrected chi connectivity index (χ4v) is 3.52. The lowest BCUT2D eigenvalue weighted by molar-refractivity contribution is 0.271. The van der Waals surface area contributed by atoms with Gasteiger partial charge in [0.15, 0.2) is 0 Å². The van der Waals surface area contributed by atoms with E-state index in [4.69, 9.17) is 11.6 Å². The van der Waals surface area contributed by atoms with Crippen molar-refractivity contribution in [3.05, 3.63) is 52.6 Å². The maximum atomic E-state index is 13.8. The molecule has 0 bridgehead atoms. The van der Waals surface area contributed by atoms with Crippen LogP contribution in [0.4, 0.5) is 4.39 Å². The Morgan fingerprint density at radius 3 is 2.87 bits per heavy atom. The molecule has 0 spiro atoms. The van der Waals surface area contributed by atoms with Crippen molar-refractivity contribution in [2.45, 2.75) is 19.0 Å². The lowest BCUT2D eigenvalue weighted by Gasteiger charge is -2.26. The van der Waals surface area contributed by atoms with Crippen LogP contribution in [-0.2, 0) is 13.6 Å². The Morgan fingerprint density at radius 1 is 1.35 bits per heavy atom. The Hall–Kier alpha value is -1.43. The van der Waals surface area contributed by atoms with E-state index in [1.165, 1.54) is 0 Å². The van der Waals surface area contributed by atoms with Crippen LogP contribution in [0.3, 0.4) is 0 Å². The van der Waals surface area contributed by atoms with Crippen LogP contribution < -0.4 is 5.32 Å². The number of hydrogen-bond donors (Lipinski definition) is 1. The zero-order chi connectivity index (χ0) is 16.4. The molecule has 4 nitrogen and oxygen atoms in total. The zero-order valence-electron chi connectivity index (χ0n) is 13.5. The van der Waals surface area contributed by atoms with Crippen molar-refractivity contribution in [2.75, 3.05) is 20.1 Å². The summed E-state index contributed by atoms with van der Waals surface area (Å²) >= 11 is 5.80. The minimum Gasteiger partial charge on any atom is -0.311 e. The quantitative estimate of drug-likeness (QED) is 0.911. The molecule has 2 heterocycles. The average Bonchev–Trinajstić information content (AvgIpc) is 3.09. The van der Waals surface area contributed by atoms with E-state index >= 15 is 0 Å². The van der Waals surface area contributed by atoms with Crippen LogP contribution in [0.25, 0.3) is 0 Å². The number of nitrogens with zero attached hydrogens (tertiary/aromatic N) is 3. The van der Waals surface area contributed by atoms with Crippen LogP contribution >= 0.6 is 11.6 Å². The minimum absolute atomic E-state index is 0.180. The summed E-state index contributed by atoms with van der Waals surface area (Å²) in [4.78, 5) is 2.29. The molecule has 6 heteroatoms. The van der Waals surface area contributed by atoms with Crippen molar-refractivity contribution in [3.63, 3.8) is 0 Å². The van der Waals surface area contributed by atoms with E-state index in [1.54, 1.807) is 16.8 Å². The fraction of sp³-hybridized carbons (Fsp3) is 0.471. The predicted octanol–water partition coefficient (Wildman–Crippen LogP) is 3.00. The van der Waals surface area contributed by atoms with E-state index in [-0.39, 0.29) is 16.9 Å². The van der Waals surface area contributed by atoms with Gasteiger partial charge in [-0.05, 0) is 49.7 Å². The molecule has 2 aromatic rings. The molecular weight excluding hydrogens is 315 g/mol. The minimum atomic E-state index is -0.343. The molecule has 3 rings (SSSR count). The third kappa shape index (κ3) is 3.74. The molecule has 0 unspecified atom stereocenters. The third-order valence-electron chi connectivity index (χ3n) is 4.54. The van der Waals surface area contributed by atoms with Crippen LogP contribution in [0.15, 0.2) is 30.5 Å². The van der Waals surface area contributed by atoms with E-state index in [1.807, 2.05) is 25.4 Å². The van der Waals surface area contributed by atoms with Gasteiger partial charge in [-0.1, -0.05) is 17.7 Å². The zero-order valence-corrected chi connectivity index (χ0v) is 14.2. The summed E-state index contributed by atoms with van der Waals surface area (Å²) in [6.45, 7) is 2.66. The first-order chi connectivity index (χ1) is 11.0. The monoisotopic (exact) mass is 336 g/mol. The van der Waals surface area contributed by atoms with Gasteiger partial charge in [-0.25, -0.2) is 4.39 Å². The highest BCUT2D eigenvalue weighted by Crippen LogP contribution is 2.36. The molecule has 0 amide bonds. The molecule has 1 saturated heterocycles. The van der Waals surface area contributed by atoms with Gasteiger partial charge in [-0.2, -0.15) is 5.10 Å². The summed E-state index contributed by atoms with van der Waals surface area (Å²) < 4.78 is 15.6. The molecule has 0 aliphatic carbocycles. The van der Waals surface area contributed by atoms with E-state index in [0.717, 1.165) is 37.3 Å². The first kappa shape index (κ1) is 16.4. The molecule has 2 atom stereocenters. The second-order valence-electron chi connectivity index (χ2n) is 6.26. The summed E-state index contributed by atoms with van der Waals surface area (Å²) in [5, 5.41) is 8.03. The van der Waals surface area contributed by atoms with Gasteiger partial charge in [0, 0.05) is 32.4 Å². The summed E-state index contributed by atoms with van der Waals surface area (Å²) in [6, 6.07) is 7.39. The molecule has 1 N–H and O–H groups in total. The second kappa shape index (κ2) is 6.99. The van der Waals surface area contributed by atoms with Crippen LogP contribution in [-0.4, -0.2) is 34.8 Å². The fourth-order valence-electron chi connectivity index (χ4n) is 3.41. The Kier molecular flexibility index (Phi) is 4.99. The lowest BCUT2D eigenvalue weighted by atomic mass is 9.93. The topological polar surface area (TPSA) is 33.1 Å². The van der Waals surface area contributed by atoms with Crippen LogP contribution in [0.2, 0.25) is 5.02 Å². The normalized spacial score (nSPS) is 21.9. The summed E-state index contributed by atoms with van der Waals surface area (Å²) in [5.41, 5.74) is 2.03.